The van der Waals surface area contributed by atoms with Crippen LogP contribution in [0.25, 0.3) is 0 Å². The van der Waals surface area contributed by atoms with Gasteiger partial charge in [-0.15, -0.1) is 0 Å². The molecule has 2 amide bonds. The van der Waals surface area contributed by atoms with Crippen molar-refractivity contribution in [3.8, 4) is 5.75 Å². The van der Waals surface area contributed by atoms with Gasteiger partial charge in [0.05, 0.1) is 18.7 Å². The number of nitrogens with one attached hydrogen (secondary N) is 2. The summed E-state index contributed by atoms with van der Waals surface area (Å²) in [7, 11) is 1.52. The molecule has 0 bridgehead atoms. The molecule has 0 unspecified atom stereocenters. The van der Waals surface area contributed by atoms with Gasteiger partial charge >= 0.3 is 6.03 Å². The zero-order valence-electron chi connectivity index (χ0n) is 8.79. The van der Waals surface area contributed by atoms with Crippen LogP contribution < -0.4 is 15.4 Å². The first kappa shape index (κ1) is 12.6. The summed E-state index contributed by atoms with van der Waals surface area (Å²) in [6, 6.07) is 4.52. The van der Waals surface area contributed by atoms with Crippen LogP contribution in [0, 0.1) is 0 Å². The highest BCUT2D eigenvalue weighted by Gasteiger charge is 2.04. The zero-order chi connectivity index (χ0) is 12.0. The Morgan fingerprint density at radius 3 is 2.88 bits per heavy atom. The number of halogens is 1. The van der Waals surface area contributed by atoms with Gasteiger partial charge in [-0.25, -0.2) is 4.79 Å². The average Bonchev–Trinajstić information content (AvgIpc) is 2.26. The van der Waals surface area contributed by atoms with Crippen LogP contribution in [0.15, 0.2) is 18.2 Å². The monoisotopic (exact) mass is 244 g/mol. The molecule has 3 N–H and O–H groups in total. The minimum atomic E-state index is -0.393. The van der Waals surface area contributed by atoms with Crippen molar-refractivity contribution in [1.82, 2.24) is 5.32 Å². The lowest BCUT2D eigenvalue weighted by molar-refractivity contribution is 0.245. The van der Waals surface area contributed by atoms with Crippen molar-refractivity contribution in [1.29, 1.82) is 0 Å². The van der Waals surface area contributed by atoms with Gasteiger partial charge in [-0.05, 0) is 18.2 Å². The van der Waals surface area contributed by atoms with E-state index >= 15 is 0 Å². The molecule has 0 radical (unpaired) electrons. The molecule has 1 aromatic rings. The fourth-order valence-electron chi connectivity index (χ4n) is 1.09. The number of rotatable bonds is 4. The van der Waals surface area contributed by atoms with Gasteiger partial charge in [-0.3, -0.25) is 0 Å². The Morgan fingerprint density at radius 2 is 2.31 bits per heavy atom. The molecule has 0 spiro atoms. The van der Waals surface area contributed by atoms with Crippen molar-refractivity contribution in [2.24, 2.45) is 0 Å². The Morgan fingerprint density at radius 1 is 1.56 bits per heavy atom. The van der Waals surface area contributed by atoms with Crippen molar-refractivity contribution >= 4 is 23.3 Å². The number of anilines is 1. The third kappa shape index (κ3) is 3.60. The minimum absolute atomic E-state index is 0.100. The van der Waals surface area contributed by atoms with Crippen LogP contribution in [0.2, 0.25) is 5.02 Å². The summed E-state index contributed by atoms with van der Waals surface area (Å²) in [6.45, 7) is 0.104. The highest BCUT2D eigenvalue weighted by molar-refractivity contribution is 6.32. The molecule has 5 nitrogen and oxygen atoms in total. The summed E-state index contributed by atoms with van der Waals surface area (Å²) in [4.78, 5) is 11.2. The zero-order valence-corrected chi connectivity index (χ0v) is 9.54. The first-order valence-corrected chi connectivity index (χ1v) is 5.04. The first-order valence-electron chi connectivity index (χ1n) is 4.66. The number of carbonyl (C=O) groups excluding carboxylic acids is 1. The summed E-state index contributed by atoms with van der Waals surface area (Å²) < 4.78 is 4.98. The van der Waals surface area contributed by atoms with E-state index in [0.29, 0.717) is 16.5 Å². The SMILES string of the molecule is COc1ccc(NC(=O)NCCO)cc1Cl. The van der Waals surface area contributed by atoms with Gasteiger partial charge in [0.1, 0.15) is 5.75 Å². The van der Waals surface area contributed by atoms with Crippen molar-refractivity contribution < 1.29 is 14.6 Å². The number of carbonyl (C=O) groups is 1. The lowest BCUT2D eigenvalue weighted by atomic mass is 10.3. The second-order valence-corrected chi connectivity index (χ2v) is 3.36. The van der Waals surface area contributed by atoms with E-state index in [1.54, 1.807) is 18.2 Å². The molecule has 0 aromatic heterocycles. The number of hydrogen-bond donors (Lipinski definition) is 3. The van der Waals surface area contributed by atoms with E-state index in [-0.39, 0.29) is 13.2 Å². The lowest BCUT2D eigenvalue weighted by Crippen LogP contribution is -2.30. The summed E-state index contributed by atoms with van der Waals surface area (Å²) >= 11 is 5.88. The van der Waals surface area contributed by atoms with Crippen molar-refractivity contribution in [3.05, 3.63) is 23.2 Å². The van der Waals surface area contributed by atoms with Crippen LogP contribution in [-0.2, 0) is 0 Å². The van der Waals surface area contributed by atoms with E-state index in [9.17, 15) is 4.79 Å². The van der Waals surface area contributed by atoms with Gasteiger partial charge in [0.15, 0.2) is 0 Å². The second kappa shape index (κ2) is 6.19. The second-order valence-electron chi connectivity index (χ2n) is 2.95. The standard InChI is InChI=1S/C10H13ClN2O3/c1-16-9-3-2-7(6-8(9)11)13-10(15)12-4-5-14/h2-3,6,14H,4-5H2,1H3,(H2,12,13,15). The van der Waals surface area contributed by atoms with E-state index in [4.69, 9.17) is 21.4 Å². The highest BCUT2D eigenvalue weighted by Crippen LogP contribution is 2.26. The fourth-order valence-corrected chi connectivity index (χ4v) is 1.35. The highest BCUT2D eigenvalue weighted by atomic mass is 35.5. The van der Waals surface area contributed by atoms with E-state index in [1.165, 1.54) is 7.11 Å². The van der Waals surface area contributed by atoms with Gasteiger partial charge in [0.25, 0.3) is 0 Å². The predicted octanol–water partition coefficient (Wildman–Crippen LogP) is 1.46. The van der Waals surface area contributed by atoms with Crippen LogP contribution in [0.3, 0.4) is 0 Å². The molecule has 1 aromatic carbocycles. The van der Waals surface area contributed by atoms with Crippen molar-refractivity contribution in [3.63, 3.8) is 0 Å². The molecular weight excluding hydrogens is 232 g/mol. The Kier molecular flexibility index (Phi) is 4.88. The molecule has 88 valence electrons. The molecule has 0 aliphatic carbocycles. The maximum Gasteiger partial charge on any atom is 0.319 e. The largest absolute Gasteiger partial charge is 0.495 e. The summed E-state index contributed by atoms with van der Waals surface area (Å²) in [6.07, 6.45) is 0. The Labute approximate surface area is 98.4 Å². The molecule has 1 rings (SSSR count). The molecule has 0 heterocycles. The van der Waals surface area contributed by atoms with Crippen LogP contribution in [-0.4, -0.2) is 31.4 Å². The number of benzene rings is 1. The van der Waals surface area contributed by atoms with Crippen LogP contribution in [0.5, 0.6) is 5.75 Å². The average molecular weight is 245 g/mol. The smallest absolute Gasteiger partial charge is 0.319 e. The number of ether oxygens (including phenoxy) is 1. The molecule has 0 atom stereocenters. The molecule has 16 heavy (non-hydrogen) atoms. The van der Waals surface area contributed by atoms with Crippen LogP contribution in [0.4, 0.5) is 10.5 Å². The van der Waals surface area contributed by atoms with E-state index < -0.39 is 6.03 Å². The molecule has 0 saturated heterocycles. The first-order chi connectivity index (χ1) is 7.67. The lowest BCUT2D eigenvalue weighted by Gasteiger charge is -2.08. The molecular formula is C10H13ClN2O3. The number of amides is 2. The number of aliphatic hydroxyl groups excluding tert-OH is 1. The van der Waals surface area contributed by atoms with Gasteiger partial charge in [0.2, 0.25) is 0 Å². The minimum Gasteiger partial charge on any atom is -0.495 e. The molecule has 0 aliphatic heterocycles. The fraction of sp³-hybridized carbons (Fsp3) is 0.300. The van der Waals surface area contributed by atoms with E-state index in [0.717, 1.165) is 0 Å². The quantitative estimate of drug-likeness (QED) is 0.751. The predicted molar refractivity (Wildman–Crippen MR) is 62.1 cm³/mol. The molecule has 0 fully saturated rings. The summed E-state index contributed by atoms with van der Waals surface area (Å²) in [5.74, 6) is 0.544. The third-order valence-corrected chi connectivity index (χ3v) is 2.10. The number of hydrogen-bond acceptors (Lipinski definition) is 3. The summed E-state index contributed by atoms with van der Waals surface area (Å²) in [5.41, 5.74) is 0.557. The van der Waals surface area contributed by atoms with Gasteiger partial charge in [0, 0.05) is 12.2 Å². The Balaban J connectivity index is 2.61. The maximum absolute atomic E-state index is 11.2. The van der Waals surface area contributed by atoms with Gasteiger partial charge in [-0.2, -0.15) is 0 Å². The van der Waals surface area contributed by atoms with Gasteiger partial charge < -0.3 is 20.5 Å². The van der Waals surface area contributed by atoms with Crippen molar-refractivity contribution in [2.45, 2.75) is 0 Å². The molecule has 6 heteroatoms. The van der Waals surface area contributed by atoms with E-state index in [1.807, 2.05) is 0 Å². The van der Waals surface area contributed by atoms with Crippen LogP contribution >= 0.6 is 11.6 Å². The topological polar surface area (TPSA) is 70.6 Å². The Hall–Kier alpha value is -1.46. The Bertz CT molecular complexity index is 371. The summed E-state index contributed by atoms with van der Waals surface area (Å²) in [5, 5.41) is 14.0. The van der Waals surface area contributed by atoms with Crippen molar-refractivity contribution in [2.75, 3.05) is 25.6 Å². The molecule has 0 aliphatic rings. The third-order valence-electron chi connectivity index (χ3n) is 1.81. The van der Waals surface area contributed by atoms with Crippen LogP contribution in [0.1, 0.15) is 0 Å². The maximum atomic E-state index is 11.2. The van der Waals surface area contributed by atoms with E-state index in [2.05, 4.69) is 10.6 Å². The normalized spacial score (nSPS) is 9.69. The molecule has 0 saturated carbocycles. The van der Waals surface area contributed by atoms with Gasteiger partial charge in [-0.1, -0.05) is 11.6 Å². The number of aliphatic hydroxyl groups is 1. The number of methoxy groups -OCH3 is 1. The number of urea groups is 1.